The Morgan fingerprint density at radius 2 is 1.64 bits per heavy atom. The molecule has 0 bridgehead atoms. The fraction of sp³-hybridized carbons (Fsp3) is 0. The van der Waals surface area contributed by atoms with Crippen molar-refractivity contribution in [2.45, 2.75) is 0 Å². The standard InChI is InChI=1S/C30H7FN12O/c1-36-17-6-14(10-32)5-15(7-17)26-41-27(18-3-4-21-25(19(18)12-34)40-28(38-21)23(13-35)37-2)43-29(42-26)30-39-22-8-16(11-33)20(31)9-24(22)44-30/h3-9H/b28-23+. The molecule has 5 aromatic rings. The SMILES string of the molecule is [C-]#[N+]/C(C#N)=C1\N=c2ccc(-c3nc(-c4cc(C#N)cc([N+]#[C-])c4)nc(-c4nc5cc(C#N)c(F)cc5o4)n3)c(C#N)c2=N1. The molecule has 1 aliphatic heterocycles. The Hall–Kier alpha value is -7.65. The highest BCUT2D eigenvalue weighted by Gasteiger charge is 2.22. The Kier molecular flexibility index (Phi) is 6.28. The second-order valence-corrected chi connectivity index (χ2v) is 8.82. The zero-order chi connectivity index (χ0) is 31.0. The van der Waals surface area contributed by atoms with Gasteiger partial charge in [0.05, 0.1) is 41.8 Å². The number of nitriles is 4. The number of halogens is 1. The van der Waals surface area contributed by atoms with Crippen LogP contribution in [0.5, 0.6) is 0 Å². The molecule has 44 heavy (non-hydrogen) atoms. The Balaban J connectivity index is 1.64. The Bertz CT molecular complexity index is 2490. The minimum atomic E-state index is -0.808. The van der Waals surface area contributed by atoms with E-state index in [2.05, 4.69) is 45.7 Å². The van der Waals surface area contributed by atoms with E-state index in [1.807, 2.05) is 6.07 Å². The molecule has 13 nitrogen and oxygen atoms in total. The third-order valence-electron chi connectivity index (χ3n) is 6.24. The first-order valence-corrected chi connectivity index (χ1v) is 12.1. The molecule has 0 atom stereocenters. The van der Waals surface area contributed by atoms with Crippen molar-refractivity contribution in [3.05, 3.63) is 110 Å². The zero-order valence-electron chi connectivity index (χ0n) is 21.7. The van der Waals surface area contributed by atoms with Gasteiger partial charge in [0.2, 0.25) is 5.82 Å². The van der Waals surface area contributed by atoms with Crippen LogP contribution in [0.1, 0.15) is 16.7 Å². The molecule has 1 aliphatic rings. The summed E-state index contributed by atoms with van der Waals surface area (Å²) in [7, 11) is 0. The van der Waals surface area contributed by atoms with Gasteiger partial charge in [-0.15, -0.1) is 0 Å². The molecule has 0 saturated heterocycles. The van der Waals surface area contributed by atoms with E-state index in [-0.39, 0.29) is 90.2 Å². The lowest BCUT2D eigenvalue weighted by atomic mass is 10.1. The van der Waals surface area contributed by atoms with Crippen LogP contribution in [-0.2, 0) is 0 Å². The summed E-state index contributed by atoms with van der Waals surface area (Å²) in [6, 6.07) is 17.1. The third-order valence-corrected chi connectivity index (χ3v) is 6.24. The second kappa shape index (κ2) is 10.4. The summed E-state index contributed by atoms with van der Waals surface area (Å²) in [6.45, 7) is 14.6. The van der Waals surface area contributed by atoms with Crippen molar-refractivity contribution in [3.8, 4) is 58.8 Å². The van der Waals surface area contributed by atoms with Crippen molar-refractivity contribution >= 4 is 16.8 Å². The number of nitrogens with zero attached hydrogens (tertiary/aromatic N) is 12. The van der Waals surface area contributed by atoms with E-state index in [0.717, 1.165) is 6.07 Å². The Morgan fingerprint density at radius 3 is 2.34 bits per heavy atom. The van der Waals surface area contributed by atoms with E-state index in [0.29, 0.717) is 0 Å². The summed E-state index contributed by atoms with van der Waals surface area (Å²) >= 11 is 0. The van der Waals surface area contributed by atoms with Gasteiger partial charge in [-0.2, -0.15) is 15.8 Å². The van der Waals surface area contributed by atoms with Crippen LogP contribution in [0, 0.1) is 64.3 Å². The van der Waals surface area contributed by atoms with E-state index in [1.165, 1.54) is 36.4 Å². The normalized spacial score (nSPS) is 12.2. The van der Waals surface area contributed by atoms with Gasteiger partial charge in [0, 0.05) is 22.8 Å². The van der Waals surface area contributed by atoms with E-state index >= 15 is 0 Å². The van der Waals surface area contributed by atoms with Gasteiger partial charge in [-0.1, -0.05) is 0 Å². The van der Waals surface area contributed by atoms with Crippen molar-refractivity contribution in [2.75, 3.05) is 0 Å². The minimum Gasteiger partial charge on any atom is -0.433 e. The van der Waals surface area contributed by atoms with Crippen molar-refractivity contribution in [1.82, 2.24) is 19.9 Å². The highest BCUT2D eigenvalue weighted by molar-refractivity contribution is 5.78. The number of hydrogen-bond donors (Lipinski definition) is 0. The van der Waals surface area contributed by atoms with E-state index in [4.69, 9.17) is 17.6 Å². The first kappa shape index (κ1) is 26.6. The molecule has 0 spiro atoms. The van der Waals surface area contributed by atoms with Crippen LogP contribution in [-0.4, -0.2) is 19.9 Å². The molecule has 6 rings (SSSR count). The largest absolute Gasteiger partial charge is 0.433 e. The molecule has 0 saturated carbocycles. The molecule has 0 aliphatic carbocycles. The molecule has 200 valence electrons. The van der Waals surface area contributed by atoms with Crippen LogP contribution in [0.4, 0.5) is 10.1 Å². The first-order valence-electron chi connectivity index (χ1n) is 12.1. The maximum Gasteiger partial charge on any atom is 0.305 e. The highest BCUT2D eigenvalue weighted by atomic mass is 19.1. The van der Waals surface area contributed by atoms with Crippen LogP contribution >= 0.6 is 0 Å². The van der Waals surface area contributed by atoms with Gasteiger partial charge in [-0.25, -0.2) is 49.3 Å². The summed E-state index contributed by atoms with van der Waals surface area (Å²) in [5, 5.41) is 38.5. The predicted molar refractivity (Wildman–Crippen MR) is 146 cm³/mol. The van der Waals surface area contributed by atoms with Crippen molar-refractivity contribution < 1.29 is 8.81 Å². The molecular formula is C30H7FN12O. The Labute approximate surface area is 245 Å². The van der Waals surface area contributed by atoms with Crippen molar-refractivity contribution in [1.29, 1.82) is 21.0 Å². The molecule has 2 aromatic heterocycles. The smallest absolute Gasteiger partial charge is 0.305 e. The number of fused-ring (bicyclic) bond motifs is 2. The molecule has 0 fully saturated rings. The quantitative estimate of drug-likeness (QED) is 0.226. The lowest BCUT2D eigenvalue weighted by Crippen LogP contribution is -2.25. The summed E-state index contributed by atoms with van der Waals surface area (Å²) in [5.74, 6) is -1.32. The van der Waals surface area contributed by atoms with Gasteiger partial charge in [-0.3, -0.25) is 0 Å². The monoisotopic (exact) mass is 570 g/mol. The predicted octanol–water partition coefficient (Wildman–Crippen LogP) is 4.18. The number of aromatic nitrogens is 4. The molecule has 0 N–H and O–H groups in total. The van der Waals surface area contributed by atoms with E-state index in [1.54, 1.807) is 12.1 Å². The lowest BCUT2D eigenvalue weighted by Gasteiger charge is -2.08. The zero-order valence-corrected chi connectivity index (χ0v) is 21.7. The molecule has 14 heteroatoms. The van der Waals surface area contributed by atoms with Gasteiger partial charge < -0.3 is 4.42 Å². The van der Waals surface area contributed by atoms with Gasteiger partial charge in [0.1, 0.15) is 28.8 Å². The summed E-state index contributed by atoms with van der Waals surface area (Å²) in [4.78, 5) is 32.7. The van der Waals surface area contributed by atoms with Crippen molar-refractivity contribution in [2.24, 2.45) is 9.98 Å². The first-order chi connectivity index (χ1) is 21.4. The fourth-order valence-corrected chi connectivity index (χ4v) is 4.28. The average molecular weight is 570 g/mol. The average Bonchev–Trinajstić information content (AvgIpc) is 3.68. The summed E-state index contributed by atoms with van der Waals surface area (Å²) in [6.07, 6.45) is 0. The second-order valence-electron chi connectivity index (χ2n) is 8.82. The molecule has 3 aromatic carbocycles. The van der Waals surface area contributed by atoms with Gasteiger partial charge in [0.25, 0.3) is 5.89 Å². The van der Waals surface area contributed by atoms with Gasteiger partial charge in [-0.05, 0) is 36.4 Å². The van der Waals surface area contributed by atoms with Gasteiger partial charge in [0.15, 0.2) is 28.7 Å². The summed E-state index contributed by atoms with van der Waals surface area (Å²) in [5.41, 5.74) is 0.326. The van der Waals surface area contributed by atoms with Crippen LogP contribution in [0.3, 0.4) is 0 Å². The van der Waals surface area contributed by atoms with Crippen LogP contribution in [0.25, 0.3) is 55.3 Å². The van der Waals surface area contributed by atoms with E-state index < -0.39 is 5.82 Å². The number of allylic oxidation sites excluding steroid dienone is 1. The number of oxazole rings is 1. The molecule has 0 amide bonds. The number of rotatable bonds is 3. The van der Waals surface area contributed by atoms with Crippen molar-refractivity contribution in [3.63, 3.8) is 0 Å². The number of hydrogen-bond acceptors (Lipinski definition) is 11. The lowest BCUT2D eigenvalue weighted by molar-refractivity contribution is 0.596. The molecule has 0 radical (unpaired) electrons. The van der Waals surface area contributed by atoms with Crippen LogP contribution in [0.2, 0.25) is 0 Å². The van der Waals surface area contributed by atoms with Crippen LogP contribution < -0.4 is 10.7 Å². The maximum atomic E-state index is 14.3. The summed E-state index contributed by atoms with van der Waals surface area (Å²) < 4.78 is 20.0. The van der Waals surface area contributed by atoms with Crippen LogP contribution in [0.15, 0.2) is 68.4 Å². The Morgan fingerprint density at radius 1 is 0.841 bits per heavy atom. The number of benzene rings is 3. The molecular weight excluding hydrogens is 563 g/mol. The molecule has 0 unspecified atom stereocenters. The molecule has 3 heterocycles. The highest BCUT2D eigenvalue weighted by Crippen LogP contribution is 2.30. The maximum absolute atomic E-state index is 14.3. The topological polar surface area (TPSA) is 193 Å². The third kappa shape index (κ3) is 4.38. The van der Waals surface area contributed by atoms with E-state index in [9.17, 15) is 25.4 Å². The van der Waals surface area contributed by atoms with Gasteiger partial charge >= 0.3 is 5.70 Å². The fourth-order valence-electron chi connectivity index (χ4n) is 4.28. The minimum absolute atomic E-state index is 0.00970.